The molecule has 1 saturated carbocycles. The molecule has 1 aliphatic rings. The topological polar surface area (TPSA) is 37.3 Å². The number of aliphatic carboxylic acids is 1. The van der Waals surface area contributed by atoms with Crippen LogP contribution in [-0.4, -0.2) is 11.1 Å². The van der Waals surface area contributed by atoms with Gasteiger partial charge in [-0.25, -0.2) is 13.2 Å². The highest BCUT2D eigenvalue weighted by atomic mass is 19.2. The lowest BCUT2D eigenvalue weighted by Crippen LogP contribution is -2.03. The van der Waals surface area contributed by atoms with E-state index in [2.05, 4.69) is 0 Å². The van der Waals surface area contributed by atoms with Crippen LogP contribution in [0.15, 0.2) is 12.1 Å². The first-order chi connectivity index (χ1) is 7.49. The fourth-order valence-corrected chi connectivity index (χ4v) is 1.78. The molecule has 0 unspecified atom stereocenters. The summed E-state index contributed by atoms with van der Waals surface area (Å²) in [6.07, 6.45) is 0.605. The van der Waals surface area contributed by atoms with Crippen molar-refractivity contribution in [3.8, 4) is 0 Å². The van der Waals surface area contributed by atoms with E-state index in [0.717, 1.165) is 6.07 Å². The van der Waals surface area contributed by atoms with E-state index < -0.39 is 29.3 Å². The van der Waals surface area contributed by atoms with Crippen molar-refractivity contribution in [1.29, 1.82) is 0 Å². The molecular weight excluding hydrogens is 221 g/mol. The summed E-state index contributed by atoms with van der Waals surface area (Å²) in [6, 6.07) is 1.28. The summed E-state index contributed by atoms with van der Waals surface area (Å²) in [5.41, 5.74) is 0.0349. The second-order valence-electron chi connectivity index (χ2n) is 4.00. The maximum Gasteiger partial charge on any atom is 0.306 e. The summed E-state index contributed by atoms with van der Waals surface area (Å²) in [7, 11) is 0. The number of hydrogen-bond acceptors (Lipinski definition) is 1. The molecular formula is C11H9F3O2. The summed E-state index contributed by atoms with van der Waals surface area (Å²) in [5.74, 6) is -4.73. The number of halogens is 3. The Balaban J connectivity index is 2.11. The molecule has 0 spiro atoms. The summed E-state index contributed by atoms with van der Waals surface area (Å²) in [4.78, 5) is 10.5. The van der Waals surface area contributed by atoms with E-state index in [-0.39, 0.29) is 17.9 Å². The van der Waals surface area contributed by atoms with Gasteiger partial charge in [-0.2, -0.15) is 0 Å². The zero-order valence-electron chi connectivity index (χ0n) is 8.21. The Morgan fingerprint density at radius 1 is 1.25 bits per heavy atom. The van der Waals surface area contributed by atoms with Crippen LogP contribution >= 0.6 is 0 Å². The molecule has 86 valence electrons. The summed E-state index contributed by atoms with van der Waals surface area (Å²) in [5, 5.41) is 8.64. The molecule has 0 bridgehead atoms. The molecule has 1 N–H and O–H groups in total. The Hall–Kier alpha value is -1.52. The molecule has 16 heavy (non-hydrogen) atoms. The Bertz CT molecular complexity index is 445. The van der Waals surface area contributed by atoms with Crippen LogP contribution in [0.1, 0.15) is 12.0 Å². The minimum Gasteiger partial charge on any atom is -0.481 e. The predicted octanol–water partition coefficient (Wildman–Crippen LogP) is 2.37. The van der Waals surface area contributed by atoms with Crippen molar-refractivity contribution >= 4 is 5.97 Å². The van der Waals surface area contributed by atoms with E-state index >= 15 is 0 Å². The fourth-order valence-electron chi connectivity index (χ4n) is 1.78. The maximum atomic E-state index is 13.2. The summed E-state index contributed by atoms with van der Waals surface area (Å²) >= 11 is 0. The van der Waals surface area contributed by atoms with Crippen molar-refractivity contribution < 1.29 is 23.1 Å². The van der Waals surface area contributed by atoms with Gasteiger partial charge in [-0.3, -0.25) is 4.79 Å². The molecule has 1 aromatic rings. The quantitative estimate of drug-likeness (QED) is 0.809. The normalized spacial score (nSPS) is 23.2. The van der Waals surface area contributed by atoms with Gasteiger partial charge < -0.3 is 5.11 Å². The zero-order chi connectivity index (χ0) is 11.9. The number of hydrogen-bond donors (Lipinski definition) is 1. The third-order valence-electron chi connectivity index (χ3n) is 2.81. The molecule has 2 atom stereocenters. The first kappa shape index (κ1) is 11.0. The smallest absolute Gasteiger partial charge is 0.306 e. The molecule has 1 fully saturated rings. The van der Waals surface area contributed by atoms with E-state index in [0.29, 0.717) is 12.5 Å². The van der Waals surface area contributed by atoms with Gasteiger partial charge in [-0.1, -0.05) is 0 Å². The molecule has 0 amide bonds. The highest BCUT2D eigenvalue weighted by Crippen LogP contribution is 2.41. The molecule has 1 aliphatic carbocycles. The van der Waals surface area contributed by atoms with Gasteiger partial charge in [0.1, 0.15) is 5.82 Å². The second-order valence-corrected chi connectivity index (χ2v) is 4.00. The third kappa shape index (κ3) is 2.03. The highest BCUT2D eigenvalue weighted by molar-refractivity contribution is 5.73. The van der Waals surface area contributed by atoms with Crippen LogP contribution in [0.4, 0.5) is 13.2 Å². The van der Waals surface area contributed by atoms with Crippen LogP contribution in [0.5, 0.6) is 0 Å². The Labute approximate surface area is 89.7 Å². The van der Waals surface area contributed by atoms with Crippen LogP contribution in [-0.2, 0) is 11.2 Å². The molecule has 0 saturated heterocycles. The van der Waals surface area contributed by atoms with Gasteiger partial charge in [0, 0.05) is 6.07 Å². The second kappa shape index (κ2) is 3.81. The summed E-state index contributed by atoms with van der Waals surface area (Å²) in [6.45, 7) is 0. The maximum absolute atomic E-state index is 13.2. The van der Waals surface area contributed by atoms with Crippen molar-refractivity contribution in [2.75, 3.05) is 0 Å². The van der Waals surface area contributed by atoms with Crippen molar-refractivity contribution in [3.63, 3.8) is 0 Å². The number of carboxylic acid groups (broad SMARTS) is 1. The molecule has 2 rings (SSSR count). The highest BCUT2D eigenvalue weighted by Gasteiger charge is 2.43. The van der Waals surface area contributed by atoms with Crippen molar-refractivity contribution in [2.45, 2.75) is 12.8 Å². The van der Waals surface area contributed by atoms with Crippen LogP contribution in [0.2, 0.25) is 0 Å². The van der Waals surface area contributed by atoms with Gasteiger partial charge in [0.15, 0.2) is 11.6 Å². The largest absolute Gasteiger partial charge is 0.481 e. The molecule has 0 radical (unpaired) electrons. The van der Waals surface area contributed by atoms with Gasteiger partial charge in [-0.15, -0.1) is 0 Å². The Morgan fingerprint density at radius 3 is 2.44 bits per heavy atom. The molecule has 5 heteroatoms. The van der Waals surface area contributed by atoms with E-state index in [1.165, 1.54) is 0 Å². The molecule has 0 aromatic heterocycles. The van der Waals surface area contributed by atoms with Gasteiger partial charge in [-0.05, 0) is 30.4 Å². The van der Waals surface area contributed by atoms with E-state index in [9.17, 15) is 18.0 Å². The van der Waals surface area contributed by atoms with Crippen molar-refractivity contribution in [2.24, 2.45) is 11.8 Å². The Kier molecular flexibility index (Phi) is 2.61. The van der Waals surface area contributed by atoms with Gasteiger partial charge >= 0.3 is 5.97 Å². The summed E-state index contributed by atoms with van der Waals surface area (Å²) < 4.78 is 38.6. The predicted molar refractivity (Wildman–Crippen MR) is 49.3 cm³/mol. The number of carboxylic acids is 1. The minimum absolute atomic E-state index is 0.0349. The first-order valence-electron chi connectivity index (χ1n) is 4.85. The molecule has 0 heterocycles. The standard InChI is InChI=1S/C11H9F3O2/c12-8-4-10(14)9(13)3-6(8)1-5-2-7(5)11(15)16/h3-5,7H,1-2H2,(H,15,16)/t5-,7-/m1/s1. The van der Waals surface area contributed by atoms with Crippen molar-refractivity contribution in [1.82, 2.24) is 0 Å². The Morgan fingerprint density at radius 2 is 1.88 bits per heavy atom. The molecule has 1 aromatic carbocycles. The lowest BCUT2D eigenvalue weighted by molar-refractivity contribution is -0.138. The minimum atomic E-state index is -1.23. The van der Waals surface area contributed by atoms with E-state index in [4.69, 9.17) is 5.11 Å². The van der Waals surface area contributed by atoms with Crippen LogP contribution in [0.3, 0.4) is 0 Å². The monoisotopic (exact) mass is 230 g/mol. The van der Waals surface area contributed by atoms with Crippen LogP contribution in [0.25, 0.3) is 0 Å². The fraction of sp³-hybridized carbons (Fsp3) is 0.364. The lowest BCUT2D eigenvalue weighted by atomic mass is 10.1. The molecule has 0 aliphatic heterocycles. The molecule has 2 nitrogen and oxygen atoms in total. The van der Waals surface area contributed by atoms with Gasteiger partial charge in [0.2, 0.25) is 0 Å². The lowest BCUT2D eigenvalue weighted by Gasteiger charge is -2.03. The van der Waals surface area contributed by atoms with Gasteiger partial charge in [0.05, 0.1) is 5.92 Å². The van der Waals surface area contributed by atoms with Crippen LogP contribution in [0, 0.1) is 29.3 Å². The number of benzene rings is 1. The van der Waals surface area contributed by atoms with Crippen LogP contribution < -0.4 is 0 Å². The number of rotatable bonds is 3. The van der Waals surface area contributed by atoms with E-state index in [1.807, 2.05) is 0 Å². The average molecular weight is 230 g/mol. The first-order valence-corrected chi connectivity index (χ1v) is 4.85. The third-order valence-corrected chi connectivity index (χ3v) is 2.81. The number of carbonyl (C=O) groups is 1. The van der Waals surface area contributed by atoms with E-state index in [1.54, 1.807) is 0 Å². The van der Waals surface area contributed by atoms with Gasteiger partial charge in [0.25, 0.3) is 0 Å². The average Bonchev–Trinajstić information content (AvgIpc) is 2.93. The zero-order valence-corrected chi connectivity index (χ0v) is 8.21. The SMILES string of the molecule is O=C(O)[C@@H]1C[C@H]1Cc1cc(F)c(F)cc1F. The van der Waals surface area contributed by atoms with Crippen molar-refractivity contribution in [3.05, 3.63) is 35.1 Å².